The number of hydrogen-bond donors (Lipinski definition) is 1. The van der Waals surface area contributed by atoms with E-state index < -0.39 is 5.97 Å². The van der Waals surface area contributed by atoms with Crippen LogP contribution in [0.4, 0.5) is 0 Å². The second kappa shape index (κ2) is 6.24. The fourth-order valence-electron chi connectivity index (χ4n) is 2.90. The van der Waals surface area contributed by atoms with E-state index in [0.717, 1.165) is 38.1 Å². The number of nitrogens with zero attached hydrogens (tertiary/aromatic N) is 1. The van der Waals surface area contributed by atoms with Gasteiger partial charge in [0.2, 0.25) is 0 Å². The van der Waals surface area contributed by atoms with Crippen molar-refractivity contribution in [2.24, 2.45) is 11.8 Å². The standard InChI is InChI=1S/C13H25NO2/c1-4-8-14(3)12-9-10(5-2)6-7-11(12)13(15)16/h10-12H,4-9H2,1-3H3,(H,15,16). The molecular weight excluding hydrogens is 202 g/mol. The van der Waals surface area contributed by atoms with Gasteiger partial charge in [-0.2, -0.15) is 0 Å². The molecule has 3 unspecified atom stereocenters. The van der Waals surface area contributed by atoms with E-state index in [1.54, 1.807) is 0 Å². The molecule has 3 heteroatoms. The Hall–Kier alpha value is -0.570. The molecule has 0 heterocycles. The predicted octanol–water partition coefficient (Wildman–Crippen LogP) is 2.61. The Morgan fingerprint density at radius 2 is 2.06 bits per heavy atom. The van der Waals surface area contributed by atoms with E-state index >= 15 is 0 Å². The summed E-state index contributed by atoms with van der Waals surface area (Å²) < 4.78 is 0. The summed E-state index contributed by atoms with van der Waals surface area (Å²) in [6.45, 7) is 5.36. The van der Waals surface area contributed by atoms with Crippen molar-refractivity contribution < 1.29 is 9.90 Å². The summed E-state index contributed by atoms with van der Waals surface area (Å²) >= 11 is 0. The molecule has 1 fully saturated rings. The highest BCUT2D eigenvalue weighted by molar-refractivity contribution is 5.71. The summed E-state index contributed by atoms with van der Waals surface area (Å²) in [4.78, 5) is 13.5. The van der Waals surface area contributed by atoms with E-state index in [0.29, 0.717) is 0 Å². The van der Waals surface area contributed by atoms with Crippen LogP contribution in [0.25, 0.3) is 0 Å². The van der Waals surface area contributed by atoms with Crippen molar-refractivity contribution in [1.29, 1.82) is 0 Å². The molecule has 1 saturated carbocycles. The van der Waals surface area contributed by atoms with Gasteiger partial charge in [-0.3, -0.25) is 4.79 Å². The smallest absolute Gasteiger partial charge is 0.308 e. The maximum atomic E-state index is 11.2. The lowest BCUT2D eigenvalue weighted by molar-refractivity contribution is -0.146. The van der Waals surface area contributed by atoms with Crippen LogP contribution in [0.3, 0.4) is 0 Å². The number of carbonyl (C=O) groups is 1. The monoisotopic (exact) mass is 227 g/mol. The van der Waals surface area contributed by atoms with Crippen LogP contribution in [0.2, 0.25) is 0 Å². The SMILES string of the molecule is CCCN(C)C1CC(CC)CCC1C(=O)O. The summed E-state index contributed by atoms with van der Waals surface area (Å²) in [5, 5.41) is 9.26. The van der Waals surface area contributed by atoms with Crippen LogP contribution in [0.5, 0.6) is 0 Å². The van der Waals surface area contributed by atoms with E-state index in [9.17, 15) is 9.90 Å². The summed E-state index contributed by atoms with van der Waals surface area (Å²) in [7, 11) is 2.07. The van der Waals surface area contributed by atoms with Gasteiger partial charge >= 0.3 is 5.97 Å². The maximum Gasteiger partial charge on any atom is 0.308 e. The first-order valence-electron chi connectivity index (χ1n) is 6.53. The Bertz CT molecular complexity index is 230. The van der Waals surface area contributed by atoms with Crippen LogP contribution in [0.15, 0.2) is 0 Å². The number of carboxylic acids is 1. The second-order valence-corrected chi connectivity index (χ2v) is 5.08. The van der Waals surface area contributed by atoms with Gasteiger partial charge in [0.25, 0.3) is 0 Å². The van der Waals surface area contributed by atoms with Crippen molar-refractivity contribution in [3.05, 3.63) is 0 Å². The van der Waals surface area contributed by atoms with Gasteiger partial charge in [-0.05, 0) is 45.2 Å². The Labute approximate surface area is 98.8 Å². The first-order chi connectivity index (χ1) is 7.60. The molecule has 1 N–H and O–H groups in total. The zero-order valence-corrected chi connectivity index (χ0v) is 10.8. The van der Waals surface area contributed by atoms with E-state index in [-0.39, 0.29) is 12.0 Å². The van der Waals surface area contributed by atoms with Gasteiger partial charge in [0.1, 0.15) is 0 Å². The van der Waals surface area contributed by atoms with Gasteiger partial charge in [0, 0.05) is 6.04 Å². The van der Waals surface area contributed by atoms with Crippen LogP contribution in [-0.4, -0.2) is 35.6 Å². The zero-order chi connectivity index (χ0) is 12.1. The predicted molar refractivity (Wildman–Crippen MR) is 65.5 cm³/mol. The Balaban J connectivity index is 2.67. The lowest BCUT2D eigenvalue weighted by Gasteiger charge is -2.39. The molecule has 0 spiro atoms. The lowest BCUT2D eigenvalue weighted by Crippen LogP contribution is -2.45. The highest BCUT2D eigenvalue weighted by Gasteiger charge is 2.36. The molecular formula is C13H25NO2. The number of aliphatic carboxylic acids is 1. The maximum absolute atomic E-state index is 11.2. The van der Waals surface area contributed by atoms with Crippen LogP contribution in [0.1, 0.15) is 46.0 Å². The summed E-state index contributed by atoms with van der Waals surface area (Å²) in [6.07, 6.45) is 5.28. The van der Waals surface area contributed by atoms with Gasteiger partial charge in [-0.15, -0.1) is 0 Å². The van der Waals surface area contributed by atoms with Crippen molar-refractivity contribution in [2.75, 3.05) is 13.6 Å². The molecule has 3 atom stereocenters. The van der Waals surface area contributed by atoms with Crippen molar-refractivity contribution in [3.63, 3.8) is 0 Å². The first-order valence-corrected chi connectivity index (χ1v) is 6.53. The molecule has 0 radical (unpaired) electrons. The first kappa shape index (κ1) is 13.5. The Morgan fingerprint density at radius 3 is 2.56 bits per heavy atom. The zero-order valence-electron chi connectivity index (χ0n) is 10.8. The third-order valence-electron chi connectivity index (χ3n) is 3.96. The third-order valence-corrected chi connectivity index (χ3v) is 3.96. The number of hydrogen-bond acceptors (Lipinski definition) is 2. The minimum Gasteiger partial charge on any atom is -0.481 e. The van der Waals surface area contributed by atoms with Gasteiger partial charge in [-0.25, -0.2) is 0 Å². The van der Waals surface area contributed by atoms with Gasteiger partial charge in [-0.1, -0.05) is 20.3 Å². The van der Waals surface area contributed by atoms with Gasteiger partial charge < -0.3 is 10.0 Å². The van der Waals surface area contributed by atoms with Crippen molar-refractivity contribution in [1.82, 2.24) is 4.90 Å². The molecule has 0 saturated heterocycles. The molecule has 0 aromatic carbocycles. The molecule has 0 bridgehead atoms. The largest absolute Gasteiger partial charge is 0.481 e. The van der Waals surface area contributed by atoms with Gasteiger partial charge in [0.15, 0.2) is 0 Å². The highest BCUT2D eigenvalue weighted by Crippen LogP contribution is 2.33. The van der Waals surface area contributed by atoms with Crippen molar-refractivity contribution in [2.45, 2.75) is 52.0 Å². The molecule has 1 aliphatic rings. The highest BCUT2D eigenvalue weighted by atomic mass is 16.4. The average molecular weight is 227 g/mol. The molecule has 1 rings (SSSR count). The number of carboxylic acid groups (broad SMARTS) is 1. The van der Waals surface area contributed by atoms with E-state index in [1.807, 2.05) is 0 Å². The molecule has 0 aromatic rings. The van der Waals surface area contributed by atoms with Crippen LogP contribution in [-0.2, 0) is 4.79 Å². The molecule has 1 aliphatic carbocycles. The fourth-order valence-corrected chi connectivity index (χ4v) is 2.90. The molecule has 0 aliphatic heterocycles. The summed E-state index contributed by atoms with van der Waals surface area (Å²) in [5.74, 6) is -0.0400. The van der Waals surface area contributed by atoms with Crippen molar-refractivity contribution in [3.8, 4) is 0 Å². The minimum absolute atomic E-state index is 0.153. The lowest BCUT2D eigenvalue weighted by atomic mass is 9.76. The quantitative estimate of drug-likeness (QED) is 0.785. The van der Waals surface area contributed by atoms with Crippen LogP contribution >= 0.6 is 0 Å². The summed E-state index contributed by atoms with van der Waals surface area (Å²) in [5.41, 5.74) is 0. The van der Waals surface area contributed by atoms with E-state index in [2.05, 4.69) is 25.8 Å². The Kier molecular flexibility index (Phi) is 5.26. The third kappa shape index (κ3) is 3.21. The van der Waals surface area contributed by atoms with E-state index in [1.165, 1.54) is 6.42 Å². The molecule has 0 aromatic heterocycles. The van der Waals surface area contributed by atoms with E-state index in [4.69, 9.17) is 0 Å². The average Bonchev–Trinajstić information content (AvgIpc) is 2.28. The molecule has 0 amide bonds. The molecule has 94 valence electrons. The topological polar surface area (TPSA) is 40.5 Å². The second-order valence-electron chi connectivity index (χ2n) is 5.08. The van der Waals surface area contributed by atoms with Crippen LogP contribution in [0, 0.1) is 11.8 Å². The molecule has 3 nitrogen and oxygen atoms in total. The Morgan fingerprint density at radius 1 is 1.38 bits per heavy atom. The van der Waals surface area contributed by atoms with Crippen LogP contribution < -0.4 is 0 Å². The van der Waals surface area contributed by atoms with Gasteiger partial charge in [0.05, 0.1) is 5.92 Å². The normalized spacial score (nSPS) is 30.6. The minimum atomic E-state index is -0.609. The fraction of sp³-hybridized carbons (Fsp3) is 0.923. The van der Waals surface area contributed by atoms with Crippen molar-refractivity contribution >= 4 is 5.97 Å². The number of rotatable bonds is 5. The molecule has 16 heavy (non-hydrogen) atoms. The summed E-state index contributed by atoms with van der Waals surface area (Å²) in [6, 6.07) is 0.246.